The molecular weight excluding hydrogens is 685 g/mol. The van der Waals surface area contributed by atoms with Crippen LogP contribution in [0, 0.1) is 0 Å². The zero-order valence-corrected chi connectivity index (χ0v) is 31.1. The molecule has 0 aromatic heterocycles. The second kappa shape index (κ2) is 11.4. The Morgan fingerprint density at radius 3 is 1.53 bits per heavy atom. The Labute approximate surface area is 330 Å². The van der Waals surface area contributed by atoms with Crippen molar-refractivity contribution in [1.82, 2.24) is 0 Å². The molecule has 0 heterocycles. The lowest BCUT2D eigenvalue weighted by Gasteiger charge is -2.33. The highest BCUT2D eigenvalue weighted by Gasteiger charge is 2.53. The maximum absolute atomic E-state index is 2.58. The van der Waals surface area contributed by atoms with Crippen LogP contribution in [0.25, 0.3) is 98.4 Å². The quantitative estimate of drug-likeness (QED) is 0.123. The van der Waals surface area contributed by atoms with Gasteiger partial charge in [-0.05, 0) is 139 Å². The first kappa shape index (κ1) is 31.0. The normalized spacial score (nSPS) is 13.4. The second-order valence-electron chi connectivity index (χ2n) is 15.9. The molecule has 0 amide bonds. The van der Waals surface area contributed by atoms with Crippen LogP contribution in [0.3, 0.4) is 0 Å². The minimum absolute atomic E-state index is 0.544. The molecule has 0 fully saturated rings. The van der Waals surface area contributed by atoms with Crippen molar-refractivity contribution in [2.45, 2.75) is 5.41 Å². The molecule has 0 N–H and O–H groups in total. The van der Waals surface area contributed by atoms with Crippen LogP contribution in [0.1, 0.15) is 22.3 Å². The Bertz CT molecular complexity index is 3480. The molecule has 0 saturated carbocycles. The summed E-state index contributed by atoms with van der Waals surface area (Å²) < 4.78 is 0. The van der Waals surface area contributed by atoms with Gasteiger partial charge in [0, 0.05) is 0 Å². The smallest absolute Gasteiger partial charge is 0.0619 e. The van der Waals surface area contributed by atoms with Crippen LogP contribution >= 0.6 is 0 Å². The number of hydrogen-bond donors (Lipinski definition) is 0. The van der Waals surface area contributed by atoms with E-state index < -0.39 is 5.41 Å². The van der Waals surface area contributed by atoms with E-state index in [0.29, 0.717) is 0 Å². The molecule has 0 unspecified atom stereocenters. The molecule has 0 aliphatic heterocycles. The van der Waals surface area contributed by atoms with Gasteiger partial charge >= 0.3 is 0 Å². The van der Waals surface area contributed by atoms with E-state index in [1.165, 1.54) is 121 Å². The molecule has 0 nitrogen and oxygen atoms in total. The molecule has 13 rings (SSSR count). The van der Waals surface area contributed by atoms with Crippen molar-refractivity contribution in [3.63, 3.8) is 0 Å². The van der Waals surface area contributed by atoms with E-state index in [4.69, 9.17) is 0 Å². The van der Waals surface area contributed by atoms with Crippen molar-refractivity contribution in [3.8, 4) is 44.5 Å². The van der Waals surface area contributed by atoms with Crippen LogP contribution in [0.15, 0.2) is 206 Å². The molecule has 0 saturated heterocycles. The van der Waals surface area contributed by atoms with E-state index in [9.17, 15) is 0 Å². The maximum Gasteiger partial charge on any atom is 0.0731 e. The molecule has 1 spiro atoms. The number of benzene rings is 11. The third-order valence-electron chi connectivity index (χ3n) is 13.2. The van der Waals surface area contributed by atoms with Crippen LogP contribution in [0.4, 0.5) is 0 Å². The summed E-state index contributed by atoms with van der Waals surface area (Å²) >= 11 is 0. The van der Waals surface area contributed by atoms with Gasteiger partial charge in [-0.1, -0.05) is 188 Å². The largest absolute Gasteiger partial charge is 0.0731 e. The fourth-order valence-electron chi connectivity index (χ4n) is 11.0. The number of fused-ring (bicyclic) bond motifs is 17. The van der Waals surface area contributed by atoms with Crippen molar-refractivity contribution < 1.29 is 0 Å². The maximum atomic E-state index is 2.58. The summed E-state index contributed by atoms with van der Waals surface area (Å²) in [7, 11) is 0. The van der Waals surface area contributed by atoms with E-state index in [1.54, 1.807) is 0 Å². The Kier molecular flexibility index (Phi) is 6.19. The van der Waals surface area contributed by atoms with E-state index in [1.807, 2.05) is 0 Å². The van der Waals surface area contributed by atoms with Gasteiger partial charge in [-0.25, -0.2) is 0 Å². The molecular formula is C57H34. The molecule has 262 valence electrons. The first-order valence-electron chi connectivity index (χ1n) is 20.0. The van der Waals surface area contributed by atoms with Crippen LogP contribution in [0.2, 0.25) is 0 Å². The predicted molar refractivity (Wildman–Crippen MR) is 241 cm³/mol. The zero-order valence-electron chi connectivity index (χ0n) is 31.1. The first-order valence-corrected chi connectivity index (χ1v) is 20.0. The average molecular weight is 719 g/mol. The monoisotopic (exact) mass is 718 g/mol. The van der Waals surface area contributed by atoms with Gasteiger partial charge in [0.05, 0.1) is 5.41 Å². The highest BCUT2D eigenvalue weighted by molar-refractivity contribution is 6.21. The summed E-state index contributed by atoms with van der Waals surface area (Å²) in [5.41, 5.74) is 15.3. The summed E-state index contributed by atoms with van der Waals surface area (Å²) in [4.78, 5) is 0. The fraction of sp³-hybridized carbons (Fsp3) is 0.0175. The van der Waals surface area contributed by atoms with E-state index in [2.05, 4.69) is 206 Å². The molecule has 2 aliphatic carbocycles. The van der Waals surface area contributed by atoms with Gasteiger partial charge in [-0.3, -0.25) is 0 Å². The number of hydrogen-bond acceptors (Lipinski definition) is 0. The van der Waals surface area contributed by atoms with Gasteiger partial charge in [0.1, 0.15) is 0 Å². The van der Waals surface area contributed by atoms with Crippen molar-refractivity contribution in [3.05, 3.63) is 229 Å². The molecule has 0 heteroatoms. The third kappa shape index (κ3) is 4.02. The van der Waals surface area contributed by atoms with Gasteiger partial charge in [-0.2, -0.15) is 0 Å². The zero-order chi connectivity index (χ0) is 37.2. The standard InChI is InChI=1S/C57H34/c1-5-19-40-35(14-1)18-13-25-44(40)50-33-38-17-4-8-22-43(38)55-48-31-29-39(34-53(48)57(56(50)55)51-26-11-9-23-45(51)46-24-10-12-27-52(46)57)54-42-21-7-3-16-37(42)32-49-41-20-6-2-15-36(41)28-30-47(49)54/h1-34H. The third-order valence-corrected chi connectivity index (χ3v) is 13.2. The molecule has 57 heavy (non-hydrogen) atoms. The Balaban J connectivity index is 1.22. The Morgan fingerprint density at radius 1 is 0.246 bits per heavy atom. The van der Waals surface area contributed by atoms with E-state index in [-0.39, 0.29) is 0 Å². The number of rotatable bonds is 2. The SMILES string of the molecule is c1ccc2c(c1)-c1ccccc1C21c2cc(-c3c4ccccc4cc4c3ccc3ccccc34)ccc2-c2c1c(-c1cccc3ccccc13)cc1ccccc21. The highest BCUT2D eigenvalue weighted by atomic mass is 14.5. The minimum Gasteiger partial charge on any atom is -0.0619 e. The summed E-state index contributed by atoms with van der Waals surface area (Å²) in [5, 5.41) is 12.8. The van der Waals surface area contributed by atoms with Crippen molar-refractivity contribution >= 4 is 53.9 Å². The first-order chi connectivity index (χ1) is 28.3. The summed E-state index contributed by atoms with van der Waals surface area (Å²) in [6.45, 7) is 0. The van der Waals surface area contributed by atoms with Gasteiger partial charge < -0.3 is 0 Å². The lowest BCUT2D eigenvalue weighted by atomic mass is 9.68. The van der Waals surface area contributed by atoms with Crippen LogP contribution in [-0.2, 0) is 5.41 Å². The highest BCUT2D eigenvalue weighted by Crippen LogP contribution is 2.66. The van der Waals surface area contributed by atoms with Gasteiger partial charge in [0.15, 0.2) is 0 Å². The van der Waals surface area contributed by atoms with Gasteiger partial charge in [0.2, 0.25) is 0 Å². The second-order valence-corrected chi connectivity index (χ2v) is 15.9. The lowest BCUT2D eigenvalue weighted by molar-refractivity contribution is 0.797. The van der Waals surface area contributed by atoms with Gasteiger partial charge in [0.25, 0.3) is 0 Å². The molecule has 11 aromatic carbocycles. The predicted octanol–water partition coefficient (Wildman–Crippen LogP) is 15.1. The lowest BCUT2D eigenvalue weighted by Crippen LogP contribution is -2.26. The Morgan fingerprint density at radius 2 is 0.789 bits per heavy atom. The summed E-state index contributed by atoms with van der Waals surface area (Å²) in [6, 6.07) is 77.9. The average Bonchev–Trinajstić information content (AvgIpc) is 3.75. The molecule has 0 bridgehead atoms. The van der Waals surface area contributed by atoms with Crippen molar-refractivity contribution in [2.24, 2.45) is 0 Å². The van der Waals surface area contributed by atoms with E-state index >= 15 is 0 Å². The molecule has 0 atom stereocenters. The van der Waals surface area contributed by atoms with Crippen LogP contribution < -0.4 is 0 Å². The molecule has 11 aromatic rings. The Hall–Kier alpha value is -7.28. The summed E-state index contributed by atoms with van der Waals surface area (Å²) in [5.74, 6) is 0. The van der Waals surface area contributed by atoms with E-state index in [0.717, 1.165) is 0 Å². The van der Waals surface area contributed by atoms with Crippen molar-refractivity contribution in [1.29, 1.82) is 0 Å². The molecule has 2 aliphatic rings. The van der Waals surface area contributed by atoms with Crippen molar-refractivity contribution in [2.75, 3.05) is 0 Å². The van der Waals surface area contributed by atoms with Gasteiger partial charge in [-0.15, -0.1) is 0 Å². The summed E-state index contributed by atoms with van der Waals surface area (Å²) in [6.07, 6.45) is 0. The topological polar surface area (TPSA) is 0 Å². The minimum atomic E-state index is -0.544. The van der Waals surface area contributed by atoms with Crippen LogP contribution in [0.5, 0.6) is 0 Å². The molecule has 0 radical (unpaired) electrons. The van der Waals surface area contributed by atoms with Crippen LogP contribution in [-0.4, -0.2) is 0 Å². The fourth-order valence-corrected chi connectivity index (χ4v) is 11.0.